The van der Waals surface area contributed by atoms with E-state index in [4.69, 9.17) is 9.73 Å². The largest absolute Gasteiger partial charge is 0.381 e. The molecular weight excluding hydrogens is 404 g/mol. The van der Waals surface area contributed by atoms with Crippen molar-refractivity contribution in [3.05, 3.63) is 41.9 Å². The van der Waals surface area contributed by atoms with Crippen molar-refractivity contribution in [1.29, 1.82) is 0 Å². The Labute approximate surface area is 189 Å². The summed E-state index contributed by atoms with van der Waals surface area (Å²) >= 11 is 0. The number of fused-ring (bicyclic) bond motifs is 1. The first kappa shape index (κ1) is 22.4. The van der Waals surface area contributed by atoms with Crippen molar-refractivity contribution in [3.63, 3.8) is 0 Å². The molecule has 4 rings (SSSR count). The van der Waals surface area contributed by atoms with E-state index < -0.39 is 0 Å². The van der Waals surface area contributed by atoms with Gasteiger partial charge in [-0.3, -0.25) is 4.79 Å². The van der Waals surface area contributed by atoms with Crippen LogP contribution < -0.4 is 15.5 Å². The molecule has 2 aliphatic heterocycles. The molecule has 170 valence electrons. The molecule has 0 bridgehead atoms. The van der Waals surface area contributed by atoms with E-state index in [2.05, 4.69) is 49.8 Å². The monoisotopic (exact) mass is 436 g/mol. The molecule has 2 aromatic rings. The van der Waals surface area contributed by atoms with E-state index in [-0.39, 0.29) is 11.9 Å². The Morgan fingerprint density at radius 2 is 2.03 bits per heavy atom. The number of aryl methyl sites for hydroxylation is 1. The lowest BCUT2D eigenvalue weighted by atomic mass is 9.98. The molecule has 1 amide bonds. The molecule has 3 heterocycles. The highest BCUT2D eigenvalue weighted by molar-refractivity contribution is 6.38. The van der Waals surface area contributed by atoms with E-state index >= 15 is 0 Å². The van der Waals surface area contributed by atoms with Crippen LogP contribution in [-0.2, 0) is 9.53 Å². The predicted molar refractivity (Wildman–Crippen MR) is 126 cm³/mol. The molecule has 1 atom stereocenters. The summed E-state index contributed by atoms with van der Waals surface area (Å²) in [5, 5.41) is 6.34. The van der Waals surface area contributed by atoms with Crippen LogP contribution in [0.3, 0.4) is 0 Å². The maximum Gasteiger partial charge on any atom is 0.265 e. The van der Waals surface area contributed by atoms with Crippen molar-refractivity contribution in [3.8, 4) is 0 Å². The molecule has 1 fully saturated rings. The molecular formula is C24H32N6O2. The molecule has 0 radical (unpaired) electrons. The van der Waals surface area contributed by atoms with E-state index in [1.165, 1.54) is 5.56 Å². The molecule has 0 saturated carbocycles. The zero-order valence-corrected chi connectivity index (χ0v) is 19.1. The lowest BCUT2D eigenvalue weighted by Gasteiger charge is -2.23. The summed E-state index contributed by atoms with van der Waals surface area (Å²) in [4.78, 5) is 28.7. The van der Waals surface area contributed by atoms with Crippen molar-refractivity contribution in [2.24, 2.45) is 4.99 Å². The highest BCUT2D eigenvalue weighted by atomic mass is 16.5. The van der Waals surface area contributed by atoms with Crippen LogP contribution in [0.1, 0.15) is 43.4 Å². The first-order chi connectivity index (χ1) is 15.6. The lowest BCUT2D eigenvalue weighted by Crippen LogP contribution is -2.41. The molecule has 8 nitrogen and oxygen atoms in total. The first-order valence-corrected chi connectivity index (χ1v) is 11.3. The fraction of sp³-hybridized carbons (Fsp3) is 0.500. The lowest BCUT2D eigenvalue weighted by molar-refractivity contribution is -0.116. The predicted octanol–water partition coefficient (Wildman–Crippen LogP) is 3.02. The molecule has 1 aromatic carbocycles. The number of carbonyl (C=O) groups is 1. The van der Waals surface area contributed by atoms with Gasteiger partial charge >= 0.3 is 0 Å². The summed E-state index contributed by atoms with van der Waals surface area (Å²) < 4.78 is 5.38. The Morgan fingerprint density at radius 3 is 2.81 bits per heavy atom. The van der Waals surface area contributed by atoms with Gasteiger partial charge in [0.05, 0.1) is 5.69 Å². The number of nitrogens with zero attached hydrogens (tertiary/aromatic N) is 4. The third-order valence-electron chi connectivity index (χ3n) is 6.22. The summed E-state index contributed by atoms with van der Waals surface area (Å²) in [6.07, 6.45) is 4.27. The molecule has 32 heavy (non-hydrogen) atoms. The van der Waals surface area contributed by atoms with Gasteiger partial charge in [0.25, 0.3) is 5.91 Å². The van der Waals surface area contributed by atoms with Crippen LogP contribution in [0.25, 0.3) is 0 Å². The molecule has 2 N–H and O–H groups in total. The fourth-order valence-corrected chi connectivity index (χ4v) is 4.39. The number of carbonyl (C=O) groups excluding carboxylic acids is 1. The number of aromatic nitrogens is 2. The average molecular weight is 437 g/mol. The number of ether oxygens (including phenoxy) is 1. The van der Waals surface area contributed by atoms with Gasteiger partial charge < -0.3 is 20.3 Å². The summed E-state index contributed by atoms with van der Waals surface area (Å²) in [5.41, 5.74) is 4.28. The maximum atomic E-state index is 12.8. The minimum atomic E-state index is -0.153. The summed E-state index contributed by atoms with van der Waals surface area (Å²) in [6, 6.07) is 8.59. The number of amides is 1. The quantitative estimate of drug-likeness (QED) is 0.649. The Balaban J connectivity index is 1.62. The van der Waals surface area contributed by atoms with Crippen molar-refractivity contribution >= 4 is 28.8 Å². The Kier molecular flexibility index (Phi) is 7.12. The fourth-order valence-electron chi connectivity index (χ4n) is 4.39. The smallest absolute Gasteiger partial charge is 0.265 e. The molecule has 0 aliphatic carbocycles. The molecule has 8 heteroatoms. The third-order valence-corrected chi connectivity index (χ3v) is 6.22. The minimum absolute atomic E-state index is 0.132. The topological polar surface area (TPSA) is 91.7 Å². The summed E-state index contributed by atoms with van der Waals surface area (Å²) in [5.74, 6) is 0.999. The highest BCUT2D eigenvalue weighted by Crippen LogP contribution is 2.44. The maximum absolute atomic E-state index is 12.8. The van der Waals surface area contributed by atoms with Crippen LogP contribution in [-0.4, -0.2) is 61.0 Å². The van der Waals surface area contributed by atoms with Crippen LogP contribution in [0.5, 0.6) is 0 Å². The van der Waals surface area contributed by atoms with Gasteiger partial charge in [-0.2, -0.15) is 0 Å². The Hall–Kier alpha value is -2.84. The van der Waals surface area contributed by atoms with Gasteiger partial charge in [-0.25, -0.2) is 15.0 Å². The van der Waals surface area contributed by atoms with E-state index in [0.717, 1.165) is 49.6 Å². The second-order valence-corrected chi connectivity index (χ2v) is 8.45. The summed E-state index contributed by atoms with van der Waals surface area (Å²) in [6.45, 7) is 6.80. The van der Waals surface area contributed by atoms with Crippen molar-refractivity contribution in [2.45, 2.75) is 45.1 Å². The number of aliphatic imine (C=N–C) groups is 1. The van der Waals surface area contributed by atoms with Crippen LogP contribution >= 0.6 is 0 Å². The van der Waals surface area contributed by atoms with Gasteiger partial charge in [-0.15, -0.1) is 0 Å². The molecule has 1 unspecified atom stereocenters. The number of para-hydroxylation sites is 1. The van der Waals surface area contributed by atoms with E-state index in [9.17, 15) is 4.79 Å². The summed E-state index contributed by atoms with van der Waals surface area (Å²) in [7, 11) is 1.98. The van der Waals surface area contributed by atoms with Crippen LogP contribution in [0.15, 0.2) is 35.6 Å². The number of nitrogens with one attached hydrogen (secondary N) is 2. The zero-order chi connectivity index (χ0) is 22.5. The normalized spacial score (nSPS) is 19.2. The van der Waals surface area contributed by atoms with E-state index in [1.54, 1.807) is 13.3 Å². The number of rotatable bonds is 7. The van der Waals surface area contributed by atoms with Gasteiger partial charge in [-0.05, 0) is 58.3 Å². The zero-order valence-electron chi connectivity index (χ0n) is 19.1. The molecule has 1 saturated heterocycles. The first-order valence-electron chi connectivity index (χ1n) is 11.3. The SMILES string of the molecule is CNCCC1CN(c2ncnc(C)c2N=C(C)C(=O)NC2CCOCC2)c2ccccc21. The second-order valence-electron chi connectivity index (χ2n) is 8.45. The van der Waals surface area contributed by atoms with E-state index in [1.807, 2.05) is 14.0 Å². The van der Waals surface area contributed by atoms with Crippen molar-refractivity contribution < 1.29 is 9.53 Å². The number of anilines is 2. The number of hydrogen-bond acceptors (Lipinski definition) is 7. The second kappa shape index (κ2) is 10.2. The van der Waals surface area contributed by atoms with Crippen LogP contribution in [0.4, 0.5) is 17.2 Å². The molecule has 2 aliphatic rings. The van der Waals surface area contributed by atoms with Gasteiger partial charge in [0.15, 0.2) is 5.82 Å². The number of hydrogen-bond donors (Lipinski definition) is 2. The highest BCUT2D eigenvalue weighted by Gasteiger charge is 2.31. The molecule has 0 spiro atoms. The van der Waals surface area contributed by atoms with Crippen molar-refractivity contribution in [2.75, 3.05) is 38.3 Å². The Bertz CT molecular complexity index is 986. The van der Waals surface area contributed by atoms with Crippen molar-refractivity contribution in [1.82, 2.24) is 20.6 Å². The van der Waals surface area contributed by atoms with Gasteiger partial charge in [0, 0.05) is 37.4 Å². The van der Waals surface area contributed by atoms with Gasteiger partial charge in [0.2, 0.25) is 0 Å². The van der Waals surface area contributed by atoms with Crippen LogP contribution in [0, 0.1) is 6.92 Å². The van der Waals surface area contributed by atoms with Gasteiger partial charge in [-0.1, -0.05) is 18.2 Å². The third kappa shape index (κ3) is 4.81. The van der Waals surface area contributed by atoms with Crippen LogP contribution in [0.2, 0.25) is 0 Å². The minimum Gasteiger partial charge on any atom is -0.381 e. The van der Waals surface area contributed by atoms with E-state index in [0.29, 0.717) is 30.5 Å². The molecule has 1 aromatic heterocycles. The number of benzene rings is 1. The van der Waals surface area contributed by atoms with Gasteiger partial charge in [0.1, 0.15) is 17.7 Å². The Morgan fingerprint density at radius 1 is 1.25 bits per heavy atom. The average Bonchev–Trinajstić information content (AvgIpc) is 3.18. The standard InChI is InChI=1S/C24H32N6O2/c1-16-22(28-17(2)24(31)29-19-9-12-32-13-10-19)23(27-15-26-16)30-14-18(8-11-25-3)20-6-4-5-7-21(20)30/h4-7,15,18-19,25H,8-14H2,1-3H3,(H,29,31).